The van der Waals surface area contributed by atoms with Crippen molar-refractivity contribution in [2.45, 2.75) is 120 Å². The third-order valence-corrected chi connectivity index (χ3v) is 9.08. The molecule has 62 heavy (non-hydrogen) atoms. The number of carboxylic acid groups (broad SMARTS) is 5. The molecule has 1 aromatic rings. The molecule has 1 rings (SSSR count). The van der Waals surface area contributed by atoms with Crippen molar-refractivity contribution >= 4 is 65.3 Å². The second-order valence-electron chi connectivity index (χ2n) is 14.5. The maximum atomic E-state index is 13.7. The molecule has 0 unspecified atom stereocenters. The Bertz CT molecular complexity index is 1760. The fraction of sp³-hybridized carbons (Fsp3) is 0.553. The van der Waals surface area contributed by atoms with Crippen LogP contribution in [0.1, 0.15) is 77.2 Å². The summed E-state index contributed by atoms with van der Waals surface area (Å²) in [6.45, 7) is 3.54. The SMILES string of the molecule is CC(C)[C@H](N)C(=O)N[C@@H](Cc1ccccc1)C(=O)N[C@@H](CCC(=O)O)C(=O)N[C@@H](CCC(=O)O)C(=O)N[C@@H](CC(=O)O)C(=O)N[C@@H](CC(=O)O)C(=O)N[C@@H](CCCCN)C(=O)O. The summed E-state index contributed by atoms with van der Waals surface area (Å²) < 4.78 is 0. The zero-order valence-electron chi connectivity index (χ0n) is 34.2. The minimum atomic E-state index is -2.12. The molecule has 0 bridgehead atoms. The van der Waals surface area contributed by atoms with Gasteiger partial charge in [0, 0.05) is 19.3 Å². The highest BCUT2D eigenvalue weighted by Crippen LogP contribution is 2.10. The van der Waals surface area contributed by atoms with Crippen LogP contribution in [0.5, 0.6) is 0 Å². The first-order valence-corrected chi connectivity index (χ1v) is 19.5. The molecule has 1 aromatic carbocycles. The number of nitrogens with one attached hydrogen (secondary N) is 6. The summed E-state index contributed by atoms with van der Waals surface area (Å²) in [5, 5.41) is 60.4. The average Bonchev–Trinajstić information content (AvgIpc) is 3.18. The van der Waals surface area contributed by atoms with Gasteiger partial charge in [0.05, 0.1) is 18.9 Å². The van der Waals surface area contributed by atoms with E-state index in [1.807, 2.05) is 10.6 Å². The van der Waals surface area contributed by atoms with Crippen LogP contribution in [-0.2, 0) is 59.2 Å². The zero-order valence-corrected chi connectivity index (χ0v) is 34.2. The first-order chi connectivity index (χ1) is 29.0. The molecule has 0 spiro atoms. The smallest absolute Gasteiger partial charge is 0.326 e. The normalized spacial score (nSPS) is 14.3. The quantitative estimate of drug-likeness (QED) is 0.0343. The Kier molecular flexibility index (Phi) is 23.4. The van der Waals surface area contributed by atoms with Crippen molar-refractivity contribution in [3.05, 3.63) is 35.9 Å². The van der Waals surface area contributed by atoms with Gasteiger partial charge >= 0.3 is 29.8 Å². The molecule has 0 saturated heterocycles. The van der Waals surface area contributed by atoms with E-state index in [-0.39, 0.29) is 31.7 Å². The number of hydrogen-bond acceptors (Lipinski definition) is 13. The maximum Gasteiger partial charge on any atom is 0.326 e. The number of aliphatic carboxylic acids is 5. The van der Waals surface area contributed by atoms with Crippen LogP contribution in [0.4, 0.5) is 0 Å². The summed E-state index contributed by atoms with van der Waals surface area (Å²) >= 11 is 0. The third-order valence-electron chi connectivity index (χ3n) is 9.08. The van der Waals surface area contributed by atoms with Crippen LogP contribution in [0.15, 0.2) is 30.3 Å². The van der Waals surface area contributed by atoms with Crippen LogP contribution in [0.2, 0.25) is 0 Å². The molecule has 0 aliphatic carbocycles. The highest BCUT2D eigenvalue weighted by molar-refractivity contribution is 5.99. The van der Waals surface area contributed by atoms with E-state index in [1.165, 1.54) is 0 Å². The standard InChI is InChI=1S/C38H56N8O16/c1-19(2)31(40)37(60)46-24(16-20-8-4-3-5-9-20)34(57)42-21(11-13-27(47)48)32(55)41-22(12-14-28(49)50)33(56)44-26(18-30(53)54)36(59)45-25(17-29(51)52)35(58)43-23(38(61)62)10-6-7-15-39/h3-5,8-9,19,21-26,31H,6-7,10-18,39-40H2,1-2H3,(H,41,55)(H,42,57)(H,43,58)(H,44,56)(H,45,59)(H,46,60)(H,47,48)(H,49,50)(H,51,52)(H,53,54)(H,61,62)/t21-,22-,23-,24-,25-,26-,31-/m0/s1. The van der Waals surface area contributed by atoms with Crippen molar-refractivity contribution in [3.8, 4) is 0 Å². The van der Waals surface area contributed by atoms with Gasteiger partial charge in [-0.2, -0.15) is 0 Å². The van der Waals surface area contributed by atoms with Crippen LogP contribution in [0.3, 0.4) is 0 Å². The largest absolute Gasteiger partial charge is 0.481 e. The first-order valence-electron chi connectivity index (χ1n) is 19.5. The Balaban J connectivity index is 3.45. The van der Waals surface area contributed by atoms with Crippen molar-refractivity contribution in [1.29, 1.82) is 0 Å². The molecule has 0 aliphatic heterocycles. The minimum absolute atomic E-state index is 0.114. The Morgan fingerprint density at radius 1 is 0.500 bits per heavy atom. The molecule has 0 radical (unpaired) electrons. The fourth-order valence-electron chi connectivity index (χ4n) is 5.58. The number of benzene rings is 1. The molecule has 24 heteroatoms. The van der Waals surface area contributed by atoms with E-state index >= 15 is 0 Å². The van der Waals surface area contributed by atoms with E-state index in [9.17, 15) is 78.3 Å². The summed E-state index contributed by atoms with van der Waals surface area (Å²) in [4.78, 5) is 139. The Morgan fingerprint density at radius 3 is 1.27 bits per heavy atom. The Morgan fingerprint density at radius 2 is 0.887 bits per heavy atom. The van der Waals surface area contributed by atoms with Crippen LogP contribution < -0.4 is 43.4 Å². The fourth-order valence-corrected chi connectivity index (χ4v) is 5.58. The highest BCUT2D eigenvalue weighted by atomic mass is 16.4. The molecular formula is C38H56N8O16. The van der Waals surface area contributed by atoms with Gasteiger partial charge in [-0.3, -0.25) is 47.9 Å². The van der Waals surface area contributed by atoms with Gasteiger partial charge in [-0.25, -0.2) is 4.79 Å². The molecule has 0 aromatic heterocycles. The maximum absolute atomic E-state index is 13.7. The zero-order chi connectivity index (χ0) is 47.1. The average molecular weight is 881 g/mol. The Labute approximate surface area is 355 Å². The second-order valence-corrected chi connectivity index (χ2v) is 14.5. The number of rotatable bonds is 30. The minimum Gasteiger partial charge on any atom is -0.481 e. The van der Waals surface area contributed by atoms with E-state index in [2.05, 4.69) is 21.3 Å². The van der Waals surface area contributed by atoms with Gasteiger partial charge in [0.1, 0.15) is 36.3 Å². The molecule has 15 N–H and O–H groups in total. The monoisotopic (exact) mass is 880 g/mol. The van der Waals surface area contributed by atoms with E-state index in [1.54, 1.807) is 44.2 Å². The van der Waals surface area contributed by atoms with Gasteiger partial charge < -0.3 is 68.9 Å². The van der Waals surface area contributed by atoms with Crippen molar-refractivity contribution in [1.82, 2.24) is 31.9 Å². The van der Waals surface area contributed by atoms with Crippen molar-refractivity contribution in [3.63, 3.8) is 0 Å². The van der Waals surface area contributed by atoms with Crippen molar-refractivity contribution in [2.75, 3.05) is 6.54 Å². The van der Waals surface area contributed by atoms with Gasteiger partial charge in [-0.05, 0) is 50.1 Å². The number of carbonyl (C=O) groups excluding carboxylic acids is 6. The highest BCUT2D eigenvalue weighted by Gasteiger charge is 2.35. The van der Waals surface area contributed by atoms with Gasteiger partial charge in [0.2, 0.25) is 35.4 Å². The third kappa shape index (κ3) is 20.5. The number of unbranched alkanes of at least 4 members (excludes halogenated alkanes) is 1. The number of amides is 6. The van der Waals surface area contributed by atoms with Crippen LogP contribution in [-0.4, -0.2) is 140 Å². The molecule has 0 saturated carbocycles. The summed E-state index contributed by atoms with van der Waals surface area (Å²) in [6, 6.07) is -3.38. The Hall–Kier alpha value is -6.69. The van der Waals surface area contributed by atoms with Gasteiger partial charge in [0.15, 0.2) is 0 Å². The van der Waals surface area contributed by atoms with Gasteiger partial charge in [-0.15, -0.1) is 0 Å². The van der Waals surface area contributed by atoms with Crippen molar-refractivity contribution < 1.29 is 78.3 Å². The molecule has 7 atom stereocenters. The van der Waals surface area contributed by atoms with Crippen LogP contribution in [0.25, 0.3) is 0 Å². The van der Waals surface area contributed by atoms with Gasteiger partial charge in [-0.1, -0.05) is 44.2 Å². The summed E-state index contributed by atoms with van der Waals surface area (Å²) in [6.07, 6.45) is -4.75. The van der Waals surface area contributed by atoms with Crippen molar-refractivity contribution in [2.24, 2.45) is 17.4 Å². The summed E-state index contributed by atoms with van der Waals surface area (Å²) in [5.74, 6) is -15.1. The van der Waals surface area contributed by atoms with E-state index in [0.717, 1.165) is 0 Å². The lowest BCUT2D eigenvalue weighted by atomic mass is 10.0. The lowest BCUT2D eigenvalue weighted by molar-refractivity contribution is -0.145. The second kappa shape index (κ2) is 27.2. The molecule has 0 aliphatic rings. The number of carbonyl (C=O) groups is 11. The molecule has 0 fully saturated rings. The lowest BCUT2D eigenvalue weighted by Gasteiger charge is -2.27. The van der Waals surface area contributed by atoms with E-state index in [0.29, 0.717) is 12.0 Å². The first kappa shape index (κ1) is 53.3. The number of carboxylic acids is 5. The number of nitrogens with two attached hydrogens (primary N) is 2. The van der Waals surface area contributed by atoms with E-state index in [4.69, 9.17) is 11.5 Å². The summed E-state index contributed by atoms with van der Waals surface area (Å²) in [7, 11) is 0. The number of hydrogen-bond donors (Lipinski definition) is 13. The lowest BCUT2D eigenvalue weighted by Crippen LogP contribution is -2.60. The van der Waals surface area contributed by atoms with Crippen LogP contribution >= 0.6 is 0 Å². The molecule has 344 valence electrons. The predicted octanol–water partition coefficient (Wildman–Crippen LogP) is -2.99. The summed E-state index contributed by atoms with van der Waals surface area (Å²) in [5.41, 5.74) is 12.0. The predicted molar refractivity (Wildman–Crippen MR) is 213 cm³/mol. The topological polar surface area (TPSA) is 413 Å². The molecular weight excluding hydrogens is 824 g/mol. The van der Waals surface area contributed by atoms with Gasteiger partial charge in [0.25, 0.3) is 0 Å². The molecule has 0 heterocycles. The van der Waals surface area contributed by atoms with E-state index < -0.39 is 146 Å². The molecule has 24 nitrogen and oxygen atoms in total. The van der Waals surface area contributed by atoms with Crippen LogP contribution in [0, 0.1) is 5.92 Å². The molecule has 6 amide bonds.